The van der Waals surface area contributed by atoms with Gasteiger partial charge in [0.1, 0.15) is 11.7 Å². The molecule has 0 amide bonds. The molecule has 0 radical (unpaired) electrons. The first kappa shape index (κ1) is 76.9. The van der Waals surface area contributed by atoms with Crippen molar-refractivity contribution in [2.24, 2.45) is 29.1 Å². The van der Waals surface area contributed by atoms with Gasteiger partial charge in [0.15, 0.2) is 50.6 Å². The fourth-order valence-electron chi connectivity index (χ4n) is 16.8. The maximum atomic E-state index is 8.28. The minimum atomic E-state index is -2.95. The molecule has 5 saturated heterocycles. The molecule has 0 aromatic heterocycles. The van der Waals surface area contributed by atoms with Gasteiger partial charge in [-0.3, -0.25) is 0 Å². The van der Waals surface area contributed by atoms with Crippen LogP contribution in [0.2, 0.25) is 79.1 Å². The van der Waals surface area contributed by atoms with Crippen LogP contribution in [0.25, 0.3) is 0 Å². The first-order valence-corrected chi connectivity index (χ1v) is 50.5. The summed E-state index contributed by atoms with van der Waals surface area (Å²) in [6, 6.07) is 25.4. The molecule has 2 spiro atoms. The Bertz CT molecular complexity index is 2800. The highest BCUT2D eigenvalue weighted by atomic mass is 28.4. The van der Waals surface area contributed by atoms with Crippen LogP contribution in [0.1, 0.15) is 201 Å². The number of hydrogen-bond acceptors (Lipinski definition) is 10. The van der Waals surface area contributed by atoms with E-state index in [4.69, 9.17) is 52.2 Å². The summed E-state index contributed by atoms with van der Waals surface area (Å²) < 4.78 is 77.1. The molecule has 2 bridgehead atoms. The molecule has 1 aliphatic carbocycles. The van der Waals surface area contributed by atoms with Crippen molar-refractivity contribution < 1.29 is 45.8 Å². The second-order valence-electron chi connectivity index (χ2n) is 35.5. The quantitative estimate of drug-likeness (QED) is 0.0489. The fraction of sp³-hybridized carbons (Fsp3) is 0.769. The summed E-state index contributed by atoms with van der Waals surface area (Å²) >= 11 is 0. The Morgan fingerprint density at radius 1 is 0.710 bits per heavy atom. The number of fused-ring (bicyclic) bond motifs is 2. The lowest BCUT2D eigenvalue weighted by Crippen LogP contribution is -2.66. The predicted molar refractivity (Wildman–Crippen MR) is 398 cm³/mol. The van der Waals surface area contributed by atoms with Crippen LogP contribution in [0.3, 0.4) is 0 Å². The molecule has 5 aliphatic heterocycles. The van der Waals surface area contributed by atoms with E-state index in [1.807, 2.05) is 0 Å². The SMILES string of the molecule is C#CC[C@@H]1CC[C@@](C)(O[Si](CC)(CC)CC)[C@]2(CC[C@@]3(CCC[C@H](C[C@@]45C[C@@H](C)[C@@H](O[Si](C)(C)C(C)(C)C)[C@@H](O4)[C@H]([C@H]4C=C(CO[Si](c6ccccc6)(c6ccccc6)C(C)(C)C)CC[C@]4(C[C@H](C)[C@@H](C)CO[Si](C)(C)C(C)(C)C)C(CC=C)O[Si](C)(C)C)O5)O3)O2)O1. The first-order valence-electron chi connectivity index (χ1n) is 36.8. The van der Waals surface area contributed by atoms with E-state index in [1.165, 1.54) is 15.9 Å². The molecule has 1 unspecified atom stereocenters. The number of rotatable bonds is 27. The zero-order valence-corrected chi connectivity index (χ0v) is 68.0. The zero-order chi connectivity index (χ0) is 68.7. The van der Waals surface area contributed by atoms with Crippen molar-refractivity contribution in [1.82, 2.24) is 0 Å². The monoisotopic (exact) mass is 1370 g/mol. The van der Waals surface area contributed by atoms with E-state index in [1.54, 1.807) is 0 Å². The Labute approximate surface area is 573 Å². The molecule has 5 fully saturated rings. The Morgan fingerprint density at radius 3 is 1.86 bits per heavy atom. The Kier molecular flexibility index (Phi) is 24.0. The Hall–Kier alpha value is -1.84. The second kappa shape index (κ2) is 29.0. The average molecular weight is 1370 g/mol. The van der Waals surface area contributed by atoms with Crippen molar-refractivity contribution in [1.29, 1.82) is 0 Å². The second-order valence-corrected chi connectivity index (χ2v) is 58.5. The molecule has 0 saturated carbocycles. The molecule has 15 atom stereocenters. The summed E-state index contributed by atoms with van der Waals surface area (Å²) in [6.45, 7) is 60.3. The van der Waals surface area contributed by atoms with Gasteiger partial charge in [-0.05, 0) is 171 Å². The Balaban J connectivity index is 1.27. The minimum Gasteiger partial charge on any atom is -0.417 e. The molecule has 0 N–H and O–H groups in total. The standard InChI is InChI=1S/C78H132O10Si5/c1-26-38-62-46-48-74(18,88-92(28-3,29-4)30-5)78(82-62)51-50-76(87-78)47-37-40-63(81-76)55-77-54-59(7)68(86-91(24,25)72(12,13)14)70(84-77)69(83-77)66-52-61(57-80-93(73(15,16)17,64-41-33-31-34-42-64)65-43-35-32-36-44-65)45-49-75(66,67(39-27-2)85-89(19,20)21)53-58(6)60(8)56-79-90(22,23)71(9,10)11/h1,27,31-36,41-44,52,58-60,62-63,66-70H,2,28-30,37-40,45-51,53-57H2,3-25H3/t58-,59+,60-,62+,63+,66+,67?,68+,69-,70+,74+,75+,76+,77+,78+/m0/s1. The van der Waals surface area contributed by atoms with E-state index >= 15 is 0 Å². The summed E-state index contributed by atoms with van der Waals surface area (Å²) in [5.41, 5.74) is 0.270. The van der Waals surface area contributed by atoms with Crippen LogP contribution in [0.4, 0.5) is 0 Å². The third kappa shape index (κ3) is 16.2. The maximum Gasteiger partial charge on any atom is 0.261 e. The largest absolute Gasteiger partial charge is 0.417 e. The topological polar surface area (TPSA) is 92.3 Å². The normalized spacial score (nSPS) is 32.7. The van der Waals surface area contributed by atoms with Gasteiger partial charge >= 0.3 is 0 Å². The van der Waals surface area contributed by atoms with E-state index in [0.29, 0.717) is 32.3 Å². The molecule has 8 rings (SSSR count). The molecule has 2 aromatic carbocycles. The molecule has 15 heteroatoms. The van der Waals surface area contributed by atoms with Crippen LogP contribution in [0.15, 0.2) is 85.0 Å². The van der Waals surface area contributed by atoms with Crippen molar-refractivity contribution >= 4 is 52.0 Å². The van der Waals surface area contributed by atoms with Crippen LogP contribution in [-0.4, -0.2) is 114 Å². The van der Waals surface area contributed by atoms with Crippen molar-refractivity contribution in [2.75, 3.05) is 13.2 Å². The van der Waals surface area contributed by atoms with Gasteiger partial charge in [-0.1, -0.05) is 177 Å². The third-order valence-electron chi connectivity index (χ3n) is 24.7. The van der Waals surface area contributed by atoms with Crippen LogP contribution < -0.4 is 10.4 Å². The third-order valence-corrected chi connectivity index (χ3v) is 44.4. The number of hydrogen-bond donors (Lipinski definition) is 0. The summed E-state index contributed by atoms with van der Waals surface area (Å²) in [5.74, 6) is 0.684. The summed E-state index contributed by atoms with van der Waals surface area (Å²) in [5, 5.41) is 2.44. The van der Waals surface area contributed by atoms with Crippen LogP contribution in [-0.2, 0) is 45.8 Å². The van der Waals surface area contributed by atoms with Crippen LogP contribution in [0.5, 0.6) is 0 Å². The van der Waals surface area contributed by atoms with Gasteiger partial charge in [-0.25, -0.2) is 0 Å². The van der Waals surface area contributed by atoms with Gasteiger partial charge in [0.05, 0.1) is 37.1 Å². The van der Waals surface area contributed by atoms with Gasteiger partial charge in [-0.2, -0.15) is 0 Å². The van der Waals surface area contributed by atoms with E-state index < -0.39 is 70.0 Å². The highest BCUT2D eigenvalue weighted by Gasteiger charge is 2.68. The van der Waals surface area contributed by atoms with Gasteiger partial charge in [0.2, 0.25) is 0 Å². The van der Waals surface area contributed by atoms with E-state index in [-0.39, 0.29) is 75.4 Å². The molecule has 10 nitrogen and oxygen atoms in total. The van der Waals surface area contributed by atoms with E-state index in [9.17, 15) is 0 Å². The number of ether oxygens (including phenoxy) is 5. The van der Waals surface area contributed by atoms with Gasteiger partial charge in [0.25, 0.3) is 8.32 Å². The lowest BCUT2D eigenvalue weighted by Gasteiger charge is -2.55. The van der Waals surface area contributed by atoms with E-state index in [2.05, 4.69) is 242 Å². The van der Waals surface area contributed by atoms with Gasteiger partial charge in [0, 0.05) is 56.5 Å². The van der Waals surface area contributed by atoms with E-state index in [0.717, 1.165) is 88.9 Å². The predicted octanol–water partition coefficient (Wildman–Crippen LogP) is 19.4. The number of benzene rings is 2. The first-order chi connectivity index (χ1) is 43.2. The molecule has 5 heterocycles. The lowest BCUT2D eigenvalue weighted by molar-refractivity contribution is -0.400. The van der Waals surface area contributed by atoms with Crippen LogP contribution in [0, 0.1) is 41.4 Å². The molecular formula is C78H132O10Si5. The number of terminal acetylenes is 1. The minimum absolute atomic E-state index is 0.0331. The summed E-state index contributed by atoms with van der Waals surface area (Å²) in [6.07, 6.45) is 20.3. The van der Waals surface area contributed by atoms with Crippen molar-refractivity contribution in [3.63, 3.8) is 0 Å². The summed E-state index contributed by atoms with van der Waals surface area (Å²) in [4.78, 5) is 0. The molecule has 6 aliphatic rings. The zero-order valence-electron chi connectivity index (χ0n) is 63.0. The molecular weight excluding hydrogens is 1240 g/mol. The highest BCUT2D eigenvalue weighted by molar-refractivity contribution is 6.99. The van der Waals surface area contributed by atoms with Crippen LogP contribution >= 0.6 is 0 Å². The van der Waals surface area contributed by atoms with Crippen molar-refractivity contribution in [3.8, 4) is 12.3 Å². The maximum absolute atomic E-state index is 8.28. The Morgan fingerprint density at radius 2 is 1.31 bits per heavy atom. The lowest BCUT2D eigenvalue weighted by atomic mass is 9.57. The smallest absolute Gasteiger partial charge is 0.261 e. The van der Waals surface area contributed by atoms with Gasteiger partial charge in [-0.15, -0.1) is 18.9 Å². The molecule has 2 aromatic rings. The average Bonchev–Trinajstić information content (AvgIpc) is 1.65. The fourth-order valence-corrected chi connectivity index (χ4v) is 28.2. The van der Waals surface area contributed by atoms with Crippen molar-refractivity contribution in [2.45, 2.75) is 339 Å². The van der Waals surface area contributed by atoms with Gasteiger partial charge < -0.3 is 45.8 Å². The highest BCUT2D eigenvalue weighted by Crippen LogP contribution is 2.61. The molecule has 93 heavy (non-hydrogen) atoms. The van der Waals surface area contributed by atoms with Crippen molar-refractivity contribution in [3.05, 3.63) is 85.0 Å². The molecule has 524 valence electrons. The summed E-state index contributed by atoms with van der Waals surface area (Å²) in [7, 11) is -11.7.